The van der Waals surface area contributed by atoms with Crippen LogP contribution in [0.1, 0.15) is 19.8 Å². The van der Waals surface area contributed by atoms with Crippen LogP contribution in [0.5, 0.6) is 5.88 Å². The molecule has 0 saturated heterocycles. The molecule has 2 aromatic rings. The number of nitrogens with zero attached hydrogens (tertiary/aromatic N) is 2. The molecule has 1 aliphatic carbocycles. The highest BCUT2D eigenvalue weighted by atomic mass is 35.5. The maximum Gasteiger partial charge on any atom is 0.226 e. The number of hydrogen-bond donors (Lipinski definition) is 0. The van der Waals surface area contributed by atoms with Crippen molar-refractivity contribution in [1.29, 1.82) is 0 Å². The summed E-state index contributed by atoms with van der Waals surface area (Å²) in [5.74, 6) is 1.76. The highest BCUT2D eigenvalue weighted by Crippen LogP contribution is 2.28. The number of para-hydroxylation sites is 1. The van der Waals surface area contributed by atoms with Gasteiger partial charge in [0.1, 0.15) is 0 Å². The van der Waals surface area contributed by atoms with Gasteiger partial charge in [0.05, 0.1) is 17.5 Å². The van der Waals surface area contributed by atoms with Crippen LogP contribution in [0, 0.1) is 11.8 Å². The summed E-state index contributed by atoms with van der Waals surface area (Å²) in [5, 5.41) is 1.14. The Morgan fingerprint density at radius 3 is 2.85 bits per heavy atom. The summed E-state index contributed by atoms with van der Waals surface area (Å²) >= 11 is 5.96. The minimum atomic E-state index is 0.232. The molecule has 1 aromatic carbocycles. The van der Waals surface area contributed by atoms with Crippen LogP contribution < -0.4 is 4.74 Å². The fraction of sp³-hybridized carbons (Fsp3) is 0.375. The van der Waals surface area contributed by atoms with Gasteiger partial charge in [-0.25, -0.2) is 4.98 Å². The zero-order chi connectivity index (χ0) is 13.9. The molecule has 0 aliphatic heterocycles. The molecule has 0 saturated carbocycles. The standard InChI is InChI=1S/C16H17ClN2O/c1-11-6-2-3-7-12(11)10-20-15-13-8-4-5-9-14(13)18-16(17)19-15/h2-5,8-9,11-12H,6-7,10H2,1H3. The fourth-order valence-corrected chi connectivity index (χ4v) is 2.72. The van der Waals surface area contributed by atoms with Crippen molar-refractivity contribution in [2.75, 3.05) is 6.61 Å². The number of allylic oxidation sites excluding steroid dienone is 2. The smallest absolute Gasteiger partial charge is 0.226 e. The van der Waals surface area contributed by atoms with Crippen molar-refractivity contribution >= 4 is 22.5 Å². The van der Waals surface area contributed by atoms with E-state index in [4.69, 9.17) is 16.3 Å². The van der Waals surface area contributed by atoms with Gasteiger partial charge in [0.15, 0.2) is 0 Å². The van der Waals surface area contributed by atoms with Gasteiger partial charge in [0, 0.05) is 0 Å². The minimum Gasteiger partial charge on any atom is -0.477 e. The third-order valence-electron chi connectivity index (χ3n) is 3.89. The van der Waals surface area contributed by atoms with Crippen molar-refractivity contribution in [1.82, 2.24) is 9.97 Å². The lowest BCUT2D eigenvalue weighted by Crippen LogP contribution is -2.21. The molecule has 0 bridgehead atoms. The summed E-state index contributed by atoms with van der Waals surface area (Å²) in [6.45, 7) is 2.94. The average Bonchev–Trinajstić information content (AvgIpc) is 2.46. The maximum atomic E-state index is 5.96. The normalized spacial score (nSPS) is 22.1. The van der Waals surface area contributed by atoms with Gasteiger partial charge < -0.3 is 4.74 Å². The second-order valence-corrected chi connectivity index (χ2v) is 5.64. The lowest BCUT2D eigenvalue weighted by Gasteiger charge is -2.25. The lowest BCUT2D eigenvalue weighted by atomic mass is 9.85. The van der Waals surface area contributed by atoms with Gasteiger partial charge in [-0.2, -0.15) is 4.98 Å². The van der Waals surface area contributed by atoms with Gasteiger partial charge in [-0.05, 0) is 48.4 Å². The highest BCUT2D eigenvalue weighted by molar-refractivity contribution is 6.28. The Labute approximate surface area is 123 Å². The van der Waals surface area contributed by atoms with E-state index in [2.05, 4.69) is 29.0 Å². The first-order valence-corrected chi connectivity index (χ1v) is 7.32. The van der Waals surface area contributed by atoms with Crippen molar-refractivity contribution in [3.05, 3.63) is 41.7 Å². The second kappa shape index (κ2) is 5.80. The highest BCUT2D eigenvalue weighted by Gasteiger charge is 2.19. The Morgan fingerprint density at radius 1 is 1.20 bits per heavy atom. The quantitative estimate of drug-likeness (QED) is 0.625. The second-order valence-electron chi connectivity index (χ2n) is 5.31. The van der Waals surface area contributed by atoms with E-state index in [1.165, 1.54) is 0 Å². The topological polar surface area (TPSA) is 35.0 Å². The molecule has 3 rings (SSSR count). The summed E-state index contributed by atoms with van der Waals surface area (Å²) in [6, 6.07) is 7.77. The zero-order valence-corrected chi connectivity index (χ0v) is 12.2. The molecule has 1 heterocycles. The molecule has 2 unspecified atom stereocenters. The van der Waals surface area contributed by atoms with Crippen LogP contribution in [0.3, 0.4) is 0 Å². The number of aromatic nitrogens is 2. The van der Waals surface area contributed by atoms with E-state index in [0.717, 1.165) is 23.7 Å². The molecular weight excluding hydrogens is 272 g/mol. The Hall–Kier alpha value is -1.61. The predicted molar refractivity (Wildman–Crippen MR) is 81.1 cm³/mol. The maximum absolute atomic E-state index is 5.96. The van der Waals surface area contributed by atoms with E-state index in [0.29, 0.717) is 24.3 Å². The summed E-state index contributed by atoms with van der Waals surface area (Å²) in [6.07, 6.45) is 6.68. The molecule has 104 valence electrons. The van der Waals surface area contributed by atoms with E-state index < -0.39 is 0 Å². The van der Waals surface area contributed by atoms with Gasteiger partial charge in [-0.1, -0.05) is 31.2 Å². The molecule has 0 spiro atoms. The van der Waals surface area contributed by atoms with Crippen LogP contribution in [-0.4, -0.2) is 16.6 Å². The molecule has 0 N–H and O–H groups in total. The predicted octanol–water partition coefficient (Wildman–Crippen LogP) is 4.26. The van der Waals surface area contributed by atoms with Gasteiger partial charge in [0.25, 0.3) is 0 Å². The van der Waals surface area contributed by atoms with Gasteiger partial charge in [-0.3, -0.25) is 0 Å². The first-order chi connectivity index (χ1) is 9.74. The summed E-state index contributed by atoms with van der Waals surface area (Å²) < 4.78 is 5.94. The fourth-order valence-electron chi connectivity index (χ4n) is 2.56. The molecular formula is C16H17ClN2O. The van der Waals surface area contributed by atoms with E-state index in [1.54, 1.807) is 0 Å². The van der Waals surface area contributed by atoms with Crippen molar-refractivity contribution in [2.24, 2.45) is 11.8 Å². The van der Waals surface area contributed by atoms with Gasteiger partial charge in [0.2, 0.25) is 11.2 Å². The Morgan fingerprint density at radius 2 is 2.00 bits per heavy atom. The molecule has 0 amide bonds. The van der Waals surface area contributed by atoms with Crippen LogP contribution in [-0.2, 0) is 0 Å². The largest absolute Gasteiger partial charge is 0.477 e. The van der Waals surface area contributed by atoms with Gasteiger partial charge >= 0.3 is 0 Å². The SMILES string of the molecule is CC1CC=CCC1COc1nc(Cl)nc2ccccc12. The van der Waals surface area contributed by atoms with E-state index in [-0.39, 0.29) is 5.28 Å². The number of hydrogen-bond acceptors (Lipinski definition) is 3. The van der Waals surface area contributed by atoms with E-state index >= 15 is 0 Å². The Kier molecular flexibility index (Phi) is 3.88. The lowest BCUT2D eigenvalue weighted by molar-refractivity contribution is 0.194. The summed E-state index contributed by atoms with van der Waals surface area (Å²) in [7, 11) is 0. The molecule has 2 atom stereocenters. The van der Waals surface area contributed by atoms with E-state index in [1.807, 2.05) is 24.3 Å². The Balaban J connectivity index is 1.82. The number of fused-ring (bicyclic) bond motifs is 1. The summed E-state index contributed by atoms with van der Waals surface area (Å²) in [5.41, 5.74) is 0.819. The molecule has 1 aliphatic rings. The third kappa shape index (κ3) is 2.78. The molecule has 0 fully saturated rings. The van der Waals surface area contributed by atoms with Crippen molar-refractivity contribution in [2.45, 2.75) is 19.8 Å². The average molecular weight is 289 g/mol. The van der Waals surface area contributed by atoms with Crippen LogP contribution in [0.4, 0.5) is 0 Å². The molecule has 0 radical (unpaired) electrons. The first kappa shape index (κ1) is 13.4. The van der Waals surface area contributed by atoms with Crippen LogP contribution in [0.15, 0.2) is 36.4 Å². The molecule has 4 heteroatoms. The molecule has 3 nitrogen and oxygen atoms in total. The zero-order valence-electron chi connectivity index (χ0n) is 11.4. The van der Waals surface area contributed by atoms with Crippen LogP contribution in [0.25, 0.3) is 10.9 Å². The van der Waals surface area contributed by atoms with E-state index in [9.17, 15) is 0 Å². The number of ether oxygens (including phenoxy) is 1. The van der Waals surface area contributed by atoms with Crippen molar-refractivity contribution in [3.63, 3.8) is 0 Å². The Bertz CT molecular complexity index is 641. The minimum absolute atomic E-state index is 0.232. The number of rotatable bonds is 3. The summed E-state index contributed by atoms with van der Waals surface area (Å²) in [4.78, 5) is 8.43. The third-order valence-corrected chi connectivity index (χ3v) is 4.06. The van der Waals surface area contributed by atoms with Crippen LogP contribution in [0.2, 0.25) is 5.28 Å². The molecule has 1 aromatic heterocycles. The number of benzene rings is 1. The monoisotopic (exact) mass is 288 g/mol. The van der Waals surface area contributed by atoms with Gasteiger partial charge in [-0.15, -0.1) is 0 Å². The van der Waals surface area contributed by atoms with Crippen LogP contribution >= 0.6 is 11.6 Å². The first-order valence-electron chi connectivity index (χ1n) is 6.94. The number of halogens is 1. The van der Waals surface area contributed by atoms with Crippen molar-refractivity contribution < 1.29 is 4.74 Å². The van der Waals surface area contributed by atoms with Crippen molar-refractivity contribution in [3.8, 4) is 5.88 Å². The molecule has 20 heavy (non-hydrogen) atoms.